The molecule has 96 heavy (non-hydrogen) atoms. The molecule has 4 aliphatic heterocycles. The van der Waals surface area contributed by atoms with Gasteiger partial charge in [0.15, 0.2) is 31.3 Å². The number of carboxylic acids is 1. The maximum atomic E-state index is 13.6. The maximum absolute atomic E-state index is 13.6. The minimum Gasteiger partial charge on any atom is -0.479 e. The van der Waals surface area contributed by atoms with Gasteiger partial charge in [-0.2, -0.15) is 0 Å². The number of hydrogen-bond donors (Lipinski definition) is 11. The van der Waals surface area contributed by atoms with Gasteiger partial charge in [0, 0.05) is 52.3 Å². The zero-order chi connectivity index (χ0) is 70.5. The summed E-state index contributed by atoms with van der Waals surface area (Å²) in [5, 5.41) is 83.1. The number of unbranched alkanes of at least 4 members (excludes halogenated alkanes) is 8. The summed E-state index contributed by atoms with van der Waals surface area (Å²) in [6.07, 6.45) is 3.73. The molecule has 14 unspecified atom stereocenters. The van der Waals surface area contributed by atoms with Crippen molar-refractivity contribution < 1.29 is 102 Å². The molecule has 554 valence electrons. The summed E-state index contributed by atoms with van der Waals surface area (Å²) in [6, 6.07) is -4.15. The van der Waals surface area contributed by atoms with E-state index in [2.05, 4.69) is 47.4 Å². The first-order valence-corrected chi connectivity index (χ1v) is 36.3. The molecule has 5 amide bonds. The highest BCUT2D eigenvalue weighted by Gasteiger charge is 2.57. The van der Waals surface area contributed by atoms with Crippen LogP contribution in [0.4, 0.5) is 0 Å². The molecule has 0 aromatic heterocycles. The summed E-state index contributed by atoms with van der Waals surface area (Å²) in [4.78, 5) is 77.8. The molecule has 11 N–H and O–H groups in total. The largest absolute Gasteiger partial charge is 0.479 e. The lowest BCUT2D eigenvalue weighted by atomic mass is 9.75. The lowest BCUT2D eigenvalue weighted by molar-refractivity contribution is -0.373. The fraction of sp³-hybridized carbons (Fsp3) is 0.886. The van der Waals surface area contributed by atoms with Crippen molar-refractivity contribution in [2.45, 2.75) is 377 Å². The Hall–Kier alpha value is -4.00. The second kappa shape index (κ2) is 43.0. The number of rotatable bonds is 35. The van der Waals surface area contributed by atoms with Crippen LogP contribution in [0.5, 0.6) is 0 Å². The van der Waals surface area contributed by atoms with Gasteiger partial charge in [0.05, 0.1) is 24.4 Å². The van der Waals surface area contributed by atoms with Crippen molar-refractivity contribution in [2.75, 3.05) is 13.2 Å². The van der Waals surface area contributed by atoms with Crippen LogP contribution in [0.25, 0.3) is 0 Å². The van der Waals surface area contributed by atoms with Crippen LogP contribution in [0.15, 0.2) is 12.2 Å². The molecule has 4 saturated heterocycles. The third-order valence-corrected chi connectivity index (χ3v) is 19.4. The molecule has 5 rings (SSSR count). The molecule has 26 nitrogen and oxygen atoms in total. The minimum atomic E-state index is -2.16. The van der Waals surface area contributed by atoms with Gasteiger partial charge < -0.3 is 99.9 Å². The van der Waals surface area contributed by atoms with Crippen molar-refractivity contribution in [2.24, 2.45) is 5.92 Å². The van der Waals surface area contributed by atoms with Crippen LogP contribution < -0.4 is 26.6 Å². The summed E-state index contributed by atoms with van der Waals surface area (Å²) in [5.41, 5.74) is -0.246. The molecule has 1 saturated carbocycles. The van der Waals surface area contributed by atoms with Gasteiger partial charge >= 0.3 is 5.97 Å². The van der Waals surface area contributed by atoms with E-state index in [-0.39, 0.29) is 24.0 Å². The number of allylic oxidation sites excluding steroid dienone is 1. The van der Waals surface area contributed by atoms with Crippen molar-refractivity contribution in [3.8, 4) is 0 Å². The zero-order valence-corrected chi connectivity index (χ0v) is 59.2. The number of carboxylic acid groups (broad SMARTS) is 1. The summed E-state index contributed by atoms with van der Waals surface area (Å²) in [7, 11) is 0. The van der Waals surface area contributed by atoms with Gasteiger partial charge in [-0.15, -0.1) is 0 Å². The standard InChI is InChI=1S/C70H123N5O21/c1-11-13-15-26-34-42(3)89-60-45(6)92-67(52(57(60)83)72-46(7)76)96-64-59(85)58(84)63(65(86)87)95-69(64)94-62-54(74-48(9)78)68(91-44(5)56(62)82)93-61-53(73-47(8)77)66(90-43(4)55(61)81)88-41-33-25-32-40-71-50(79)37-29-30-38-51(80)75-70(10,39-31-16-14-12-2)49-35-27-23-21-19-17-18-20-22-24-28-36-49/h26,34,42-45,49,52-64,66-69,81-85H,11-25,27-33,35-41H2,1-10H3,(H,71,79)(H,72,76)(H,73,77)(H,74,78)(H,75,80)(H,86,87)/b34-26-/t42?,43?,44?,45?,52?,53?,54?,55-,56+,57?,58-,59?,60+,61?,62?,63?,64?,66+,67-,68-,69+,70?/m0/s1. The molecule has 0 bridgehead atoms. The number of ether oxygens (including phenoxy) is 9. The van der Waals surface area contributed by atoms with Gasteiger partial charge in [-0.3, -0.25) is 24.0 Å². The smallest absolute Gasteiger partial charge is 0.335 e. The van der Waals surface area contributed by atoms with Gasteiger partial charge in [-0.05, 0) is 98.3 Å². The highest BCUT2D eigenvalue weighted by molar-refractivity contribution is 5.78. The number of aliphatic hydroxyl groups excluding tert-OH is 5. The average molecular weight is 1370 g/mol. The number of aliphatic carboxylic acids is 1. The predicted octanol–water partition coefficient (Wildman–Crippen LogP) is 6.04. The first kappa shape index (κ1) is 82.7. The van der Waals surface area contributed by atoms with Crippen molar-refractivity contribution in [1.29, 1.82) is 0 Å². The summed E-state index contributed by atoms with van der Waals surface area (Å²) >= 11 is 0. The van der Waals surface area contributed by atoms with Crippen molar-refractivity contribution in [3.63, 3.8) is 0 Å². The van der Waals surface area contributed by atoms with Gasteiger partial charge in [0.25, 0.3) is 0 Å². The Morgan fingerprint density at radius 2 is 1.03 bits per heavy atom. The maximum Gasteiger partial charge on any atom is 0.335 e. The molecular weight excluding hydrogens is 1250 g/mol. The van der Waals surface area contributed by atoms with E-state index in [9.17, 15) is 59.4 Å². The SMILES string of the molecule is CCCC/C=C\C(C)O[C@@H]1C(C)O[C@@H](OC2C(O)[C@H](O)C(C(=O)O)O[C@H]2OC2C(NC(C)=O)[C@H](OC3C(NC(C)=O)[C@H](OCCCCCNC(=O)CCCCC(=O)NC(C)(CCCCCC)C4CCCCCCCCCCCC4)OC(C)[C@@H]3O)OC(C)[C@H]2O)C(NC(C)=O)C1O. The Balaban J connectivity index is 1.19. The van der Waals surface area contributed by atoms with Crippen molar-refractivity contribution in [1.82, 2.24) is 26.6 Å². The zero-order valence-electron chi connectivity index (χ0n) is 59.2. The molecule has 26 heteroatoms. The first-order chi connectivity index (χ1) is 45.8. The number of carbonyl (C=O) groups is 6. The summed E-state index contributed by atoms with van der Waals surface area (Å²) in [5.74, 6) is -3.15. The molecule has 4 heterocycles. The van der Waals surface area contributed by atoms with Gasteiger partial charge in [0.2, 0.25) is 29.5 Å². The van der Waals surface area contributed by atoms with Crippen LogP contribution in [0.3, 0.4) is 0 Å². The molecule has 5 aliphatic rings. The monoisotopic (exact) mass is 1370 g/mol. The molecular formula is C70H123N5O21. The first-order valence-electron chi connectivity index (χ1n) is 36.3. The molecule has 0 spiro atoms. The van der Waals surface area contributed by atoms with E-state index < -0.39 is 152 Å². The number of amides is 5. The van der Waals surface area contributed by atoms with E-state index in [4.69, 9.17) is 42.6 Å². The molecule has 1 aliphatic carbocycles. The van der Waals surface area contributed by atoms with Crippen LogP contribution in [0.2, 0.25) is 0 Å². The number of nitrogens with one attached hydrogen (secondary N) is 5. The summed E-state index contributed by atoms with van der Waals surface area (Å²) < 4.78 is 55.9. The van der Waals surface area contributed by atoms with E-state index >= 15 is 0 Å². The van der Waals surface area contributed by atoms with Gasteiger partial charge in [0.1, 0.15) is 73.1 Å². The Labute approximate surface area is 570 Å². The Bertz CT molecular complexity index is 2330. The minimum absolute atomic E-state index is 0.0671. The van der Waals surface area contributed by atoms with E-state index in [0.717, 1.165) is 51.9 Å². The highest BCUT2D eigenvalue weighted by atomic mass is 16.8. The second-order valence-corrected chi connectivity index (χ2v) is 27.8. The van der Waals surface area contributed by atoms with Gasteiger partial charge in [-0.1, -0.05) is 129 Å². The number of hydrogen-bond acceptors (Lipinski definition) is 20. The van der Waals surface area contributed by atoms with E-state index in [0.29, 0.717) is 57.4 Å². The molecule has 22 atom stereocenters. The normalized spacial score (nSPS) is 33.9. The quantitative estimate of drug-likeness (QED) is 0.0254. The second-order valence-electron chi connectivity index (χ2n) is 27.8. The molecule has 0 aromatic carbocycles. The Morgan fingerprint density at radius 3 is 1.60 bits per heavy atom. The van der Waals surface area contributed by atoms with E-state index in [1.165, 1.54) is 104 Å². The van der Waals surface area contributed by atoms with Crippen molar-refractivity contribution in [3.05, 3.63) is 12.2 Å². The van der Waals surface area contributed by atoms with Crippen LogP contribution in [-0.4, -0.2) is 214 Å². The molecule has 0 radical (unpaired) electrons. The lowest BCUT2D eigenvalue weighted by Crippen LogP contribution is -2.71. The Kier molecular flexibility index (Phi) is 37.0. The Morgan fingerprint density at radius 1 is 0.531 bits per heavy atom. The van der Waals surface area contributed by atoms with Gasteiger partial charge in [-0.25, -0.2) is 4.79 Å². The fourth-order valence-corrected chi connectivity index (χ4v) is 13.9. The molecule has 5 fully saturated rings. The van der Waals surface area contributed by atoms with Crippen LogP contribution in [0.1, 0.15) is 243 Å². The fourth-order valence-electron chi connectivity index (χ4n) is 13.9. The topological polar surface area (TPSA) is 367 Å². The van der Waals surface area contributed by atoms with Crippen LogP contribution in [0, 0.1) is 5.92 Å². The van der Waals surface area contributed by atoms with E-state index in [1.54, 1.807) is 20.8 Å². The number of carbonyl (C=O) groups excluding carboxylic acids is 5. The predicted molar refractivity (Wildman–Crippen MR) is 355 cm³/mol. The third-order valence-electron chi connectivity index (χ3n) is 19.4. The molecule has 0 aromatic rings. The van der Waals surface area contributed by atoms with Crippen molar-refractivity contribution >= 4 is 35.5 Å². The number of aliphatic hydroxyl groups is 5. The van der Waals surface area contributed by atoms with E-state index in [1.807, 2.05) is 12.2 Å². The van der Waals surface area contributed by atoms with Crippen LogP contribution in [-0.2, 0) is 71.4 Å². The van der Waals surface area contributed by atoms with Crippen LogP contribution >= 0.6 is 0 Å². The highest BCUT2D eigenvalue weighted by Crippen LogP contribution is 2.38. The average Bonchev–Trinajstić information content (AvgIpc) is 0.773. The summed E-state index contributed by atoms with van der Waals surface area (Å²) in [6.45, 7) is 17.1. The third kappa shape index (κ3) is 26.5. The lowest BCUT2D eigenvalue weighted by Gasteiger charge is -2.50.